The van der Waals surface area contributed by atoms with Crippen LogP contribution in [-0.4, -0.2) is 28.1 Å². The molecule has 0 saturated heterocycles. The van der Waals surface area contributed by atoms with E-state index in [1.54, 1.807) is 4.80 Å². The molecule has 0 spiro atoms. The van der Waals surface area contributed by atoms with Crippen LogP contribution in [0.2, 0.25) is 0 Å². The molecule has 0 aliphatic heterocycles. The van der Waals surface area contributed by atoms with E-state index in [1.807, 2.05) is 25.2 Å². The maximum Gasteiger partial charge on any atom is 0.207 e. The summed E-state index contributed by atoms with van der Waals surface area (Å²) in [5, 5.41) is 18.5. The molecule has 0 atom stereocenters. The molecule has 0 radical (unpaired) electrons. The van der Waals surface area contributed by atoms with Crippen molar-refractivity contribution in [2.45, 2.75) is 51.5 Å². The van der Waals surface area contributed by atoms with Crippen LogP contribution in [0.4, 0.5) is 5.82 Å². The summed E-state index contributed by atoms with van der Waals surface area (Å²) in [6.45, 7) is 2.11. The predicted molar refractivity (Wildman–Crippen MR) is 90.7 cm³/mol. The zero-order valence-electron chi connectivity index (χ0n) is 13.9. The second kappa shape index (κ2) is 6.82. The van der Waals surface area contributed by atoms with Crippen LogP contribution < -0.4 is 4.90 Å². The molecule has 2 aromatic rings. The average Bonchev–Trinajstić information content (AvgIpc) is 3.06. The first kappa shape index (κ1) is 15.5. The van der Waals surface area contributed by atoms with Gasteiger partial charge in [-0.3, -0.25) is 0 Å². The van der Waals surface area contributed by atoms with Crippen LogP contribution in [0, 0.1) is 11.3 Å². The van der Waals surface area contributed by atoms with E-state index in [2.05, 4.69) is 34.2 Å². The number of aromatic nitrogens is 3. The number of hydrogen-bond donors (Lipinski definition) is 0. The first-order chi connectivity index (χ1) is 11.2. The summed E-state index contributed by atoms with van der Waals surface area (Å²) in [7, 11) is 2.04. The Bertz CT molecular complexity index is 706. The Morgan fingerprint density at radius 3 is 2.65 bits per heavy atom. The third-order valence-corrected chi connectivity index (χ3v) is 4.75. The molecule has 1 heterocycles. The summed E-state index contributed by atoms with van der Waals surface area (Å²) in [6.07, 6.45) is 7.06. The summed E-state index contributed by atoms with van der Waals surface area (Å²) in [5.41, 5.74) is 2.54. The van der Waals surface area contributed by atoms with E-state index in [9.17, 15) is 5.26 Å². The molecule has 0 amide bonds. The largest absolute Gasteiger partial charge is 0.353 e. The molecule has 0 unspecified atom stereocenters. The fraction of sp³-hybridized carbons (Fsp3) is 0.500. The van der Waals surface area contributed by atoms with Gasteiger partial charge in [0.1, 0.15) is 6.07 Å². The SMILES string of the molecule is CCc1ccccc1-n1nc(C#N)c(N(C)C2CCCCC2)n1. The summed E-state index contributed by atoms with van der Waals surface area (Å²) in [5.74, 6) is 0.699. The average molecular weight is 309 g/mol. The summed E-state index contributed by atoms with van der Waals surface area (Å²) in [6, 6.07) is 10.8. The number of anilines is 1. The van der Waals surface area contributed by atoms with E-state index < -0.39 is 0 Å². The fourth-order valence-corrected chi connectivity index (χ4v) is 3.36. The smallest absolute Gasteiger partial charge is 0.207 e. The van der Waals surface area contributed by atoms with E-state index in [0.29, 0.717) is 17.6 Å². The zero-order chi connectivity index (χ0) is 16.2. The van der Waals surface area contributed by atoms with Gasteiger partial charge >= 0.3 is 0 Å². The van der Waals surface area contributed by atoms with Gasteiger partial charge in [-0.15, -0.1) is 15.0 Å². The summed E-state index contributed by atoms with van der Waals surface area (Å²) in [4.78, 5) is 3.77. The van der Waals surface area contributed by atoms with Crippen molar-refractivity contribution in [3.05, 3.63) is 35.5 Å². The van der Waals surface area contributed by atoms with Crippen molar-refractivity contribution >= 4 is 5.82 Å². The third kappa shape index (κ3) is 3.07. The van der Waals surface area contributed by atoms with Gasteiger partial charge in [0.15, 0.2) is 5.82 Å². The lowest BCUT2D eigenvalue weighted by Crippen LogP contribution is -2.34. The van der Waals surface area contributed by atoms with E-state index in [4.69, 9.17) is 0 Å². The lowest BCUT2D eigenvalue weighted by atomic mass is 9.94. The summed E-state index contributed by atoms with van der Waals surface area (Å²) >= 11 is 0. The van der Waals surface area contributed by atoms with Crippen molar-refractivity contribution in [2.24, 2.45) is 0 Å². The Balaban J connectivity index is 1.96. The molecule has 1 aliphatic carbocycles. The zero-order valence-corrected chi connectivity index (χ0v) is 13.9. The van der Waals surface area contributed by atoms with Crippen LogP contribution >= 0.6 is 0 Å². The van der Waals surface area contributed by atoms with Crippen LogP contribution in [0.15, 0.2) is 24.3 Å². The number of rotatable bonds is 4. The minimum Gasteiger partial charge on any atom is -0.353 e. The van der Waals surface area contributed by atoms with E-state index >= 15 is 0 Å². The lowest BCUT2D eigenvalue weighted by molar-refractivity contribution is 0.425. The van der Waals surface area contributed by atoms with Gasteiger partial charge < -0.3 is 4.90 Å². The molecule has 5 heteroatoms. The Kier molecular flexibility index (Phi) is 4.61. The predicted octanol–water partition coefficient (Wildman–Crippen LogP) is 3.47. The molecule has 23 heavy (non-hydrogen) atoms. The second-order valence-electron chi connectivity index (χ2n) is 6.16. The number of hydrogen-bond acceptors (Lipinski definition) is 4. The van der Waals surface area contributed by atoms with Gasteiger partial charge in [-0.05, 0) is 30.9 Å². The summed E-state index contributed by atoms with van der Waals surface area (Å²) < 4.78 is 0. The standard InChI is InChI=1S/C18H23N5/c1-3-14-9-7-8-12-17(14)23-20-16(13-19)18(21-23)22(2)15-10-5-4-6-11-15/h7-9,12,15H,3-6,10-11H2,1-2H3. The van der Waals surface area contributed by atoms with Crippen LogP contribution in [0.25, 0.3) is 5.69 Å². The van der Waals surface area contributed by atoms with Crippen molar-refractivity contribution in [3.63, 3.8) is 0 Å². The molecule has 120 valence electrons. The Hall–Kier alpha value is -2.35. The normalized spacial score (nSPS) is 15.3. The van der Waals surface area contributed by atoms with Crippen LogP contribution in [0.3, 0.4) is 0 Å². The van der Waals surface area contributed by atoms with Crippen molar-refractivity contribution < 1.29 is 0 Å². The van der Waals surface area contributed by atoms with E-state index in [0.717, 1.165) is 12.1 Å². The maximum atomic E-state index is 9.46. The molecule has 0 bridgehead atoms. The monoisotopic (exact) mass is 309 g/mol. The van der Waals surface area contributed by atoms with Crippen LogP contribution in [-0.2, 0) is 6.42 Å². The highest BCUT2D eigenvalue weighted by Gasteiger charge is 2.24. The van der Waals surface area contributed by atoms with Crippen molar-refractivity contribution in [2.75, 3.05) is 11.9 Å². The third-order valence-electron chi connectivity index (χ3n) is 4.75. The highest BCUT2D eigenvalue weighted by atomic mass is 15.5. The Morgan fingerprint density at radius 1 is 1.22 bits per heavy atom. The molecular formula is C18H23N5. The number of aryl methyl sites for hydroxylation is 1. The Labute approximate surface area is 137 Å². The lowest BCUT2D eigenvalue weighted by Gasteiger charge is -2.31. The van der Waals surface area contributed by atoms with Crippen LogP contribution in [0.5, 0.6) is 0 Å². The number of benzene rings is 1. The van der Waals surface area contributed by atoms with Crippen molar-refractivity contribution in [3.8, 4) is 11.8 Å². The van der Waals surface area contributed by atoms with Gasteiger partial charge in [-0.1, -0.05) is 44.4 Å². The number of nitriles is 1. The fourth-order valence-electron chi connectivity index (χ4n) is 3.36. The molecule has 1 aliphatic rings. The molecule has 1 fully saturated rings. The van der Waals surface area contributed by atoms with Crippen molar-refractivity contribution in [1.82, 2.24) is 15.0 Å². The Morgan fingerprint density at radius 2 is 1.96 bits per heavy atom. The van der Waals surface area contributed by atoms with Crippen molar-refractivity contribution in [1.29, 1.82) is 5.26 Å². The van der Waals surface area contributed by atoms with Gasteiger partial charge in [0, 0.05) is 13.1 Å². The first-order valence-electron chi connectivity index (χ1n) is 8.43. The first-order valence-corrected chi connectivity index (χ1v) is 8.43. The van der Waals surface area contributed by atoms with Gasteiger partial charge in [0.05, 0.1) is 5.69 Å². The molecular weight excluding hydrogens is 286 g/mol. The van der Waals surface area contributed by atoms with Gasteiger partial charge in [0.2, 0.25) is 5.69 Å². The molecule has 5 nitrogen and oxygen atoms in total. The van der Waals surface area contributed by atoms with Gasteiger partial charge in [0.25, 0.3) is 0 Å². The number of nitrogens with zero attached hydrogens (tertiary/aromatic N) is 5. The van der Waals surface area contributed by atoms with E-state index in [1.165, 1.54) is 37.7 Å². The van der Waals surface area contributed by atoms with Gasteiger partial charge in [-0.2, -0.15) is 5.26 Å². The minimum absolute atomic E-state index is 0.406. The quantitative estimate of drug-likeness (QED) is 0.867. The molecule has 0 N–H and O–H groups in total. The topological polar surface area (TPSA) is 57.7 Å². The van der Waals surface area contributed by atoms with E-state index in [-0.39, 0.29) is 0 Å². The number of para-hydroxylation sites is 1. The maximum absolute atomic E-state index is 9.46. The molecule has 1 aromatic carbocycles. The molecule has 1 saturated carbocycles. The van der Waals surface area contributed by atoms with Gasteiger partial charge in [-0.25, -0.2) is 0 Å². The van der Waals surface area contributed by atoms with Crippen LogP contribution in [0.1, 0.15) is 50.3 Å². The highest BCUT2D eigenvalue weighted by molar-refractivity contribution is 5.51. The minimum atomic E-state index is 0.406. The second-order valence-corrected chi connectivity index (χ2v) is 6.16. The molecule has 3 rings (SSSR count). The molecule has 1 aromatic heterocycles. The highest BCUT2D eigenvalue weighted by Crippen LogP contribution is 2.27.